The third-order valence-corrected chi connectivity index (χ3v) is 4.05. The molecule has 5 nitrogen and oxygen atoms in total. The summed E-state index contributed by atoms with van der Waals surface area (Å²) in [6.07, 6.45) is 1.10. The molecular weight excluding hydrogens is 268 g/mol. The first-order chi connectivity index (χ1) is 10.0. The SMILES string of the molecule is COC(=O)C1CN(C(=O)CCc2cccc(N)c2)CC1C. The highest BCUT2D eigenvalue weighted by Gasteiger charge is 2.37. The van der Waals surface area contributed by atoms with Crippen molar-refractivity contribution in [2.45, 2.75) is 19.8 Å². The van der Waals surface area contributed by atoms with E-state index in [1.807, 2.05) is 31.2 Å². The van der Waals surface area contributed by atoms with Crippen molar-refractivity contribution in [3.05, 3.63) is 29.8 Å². The number of anilines is 1. The first-order valence-electron chi connectivity index (χ1n) is 7.21. The number of nitrogens with zero attached hydrogens (tertiary/aromatic N) is 1. The molecule has 0 aliphatic carbocycles. The van der Waals surface area contributed by atoms with E-state index in [-0.39, 0.29) is 23.7 Å². The zero-order valence-electron chi connectivity index (χ0n) is 12.5. The second kappa shape index (κ2) is 6.61. The van der Waals surface area contributed by atoms with Crippen LogP contribution in [0.15, 0.2) is 24.3 Å². The zero-order chi connectivity index (χ0) is 15.4. The molecular formula is C16H22N2O3. The fraction of sp³-hybridized carbons (Fsp3) is 0.500. The number of hydrogen-bond acceptors (Lipinski definition) is 4. The standard InChI is InChI=1S/C16H22N2O3/c1-11-9-18(10-14(11)16(20)21-2)15(19)7-6-12-4-3-5-13(17)8-12/h3-5,8,11,14H,6-7,9-10,17H2,1-2H3. The van der Waals surface area contributed by atoms with Gasteiger partial charge in [0.05, 0.1) is 13.0 Å². The van der Waals surface area contributed by atoms with Gasteiger partial charge < -0.3 is 15.4 Å². The molecule has 1 heterocycles. The normalized spacial score (nSPS) is 21.3. The summed E-state index contributed by atoms with van der Waals surface area (Å²) in [7, 11) is 1.39. The van der Waals surface area contributed by atoms with Crippen LogP contribution in [-0.2, 0) is 20.7 Å². The minimum atomic E-state index is -0.228. The van der Waals surface area contributed by atoms with Crippen LogP contribution in [0.4, 0.5) is 5.69 Å². The topological polar surface area (TPSA) is 72.6 Å². The van der Waals surface area contributed by atoms with Gasteiger partial charge in [0.2, 0.25) is 5.91 Å². The Balaban J connectivity index is 1.88. The van der Waals surface area contributed by atoms with Crippen LogP contribution in [0.25, 0.3) is 0 Å². The van der Waals surface area contributed by atoms with Gasteiger partial charge in [-0.15, -0.1) is 0 Å². The largest absolute Gasteiger partial charge is 0.469 e. The van der Waals surface area contributed by atoms with Crippen molar-refractivity contribution < 1.29 is 14.3 Å². The van der Waals surface area contributed by atoms with Gasteiger partial charge in [0.15, 0.2) is 0 Å². The molecule has 114 valence electrons. The summed E-state index contributed by atoms with van der Waals surface area (Å²) in [6.45, 7) is 3.06. The van der Waals surface area contributed by atoms with Crippen LogP contribution in [0.3, 0.4) is 0 Å². The number of ether oxygens (including phenoxy) is 1. The van der Waals surface area contributed by atoms with Crippen molar-refractivity contribution >= 4 is 17.6 Å². The van der Waals surface area contributed by atoms with Crippen molar-refractivity contribution in [3.8, 4) is 0 Å². The van der Waals surface area contributed by atoms with E-state index in [0.29, 0.717) is 31.6 Å². The van der Waals surface area contributed by atoms with Gasteiger partial charge in [-0.2, -0.15) is 0 Å². The number of nitrogen functional groups attached to an aromatic ring is 1. The molecule has 2 rings (SSSR count). The van der Waals surface area contributed by atoms with Gasteiger partial charge in [-0.3, -0.25) is 9.59 Å². The summed E-state index contributed by atoms with van der Waals surface area (Å²) in [6, 6.07) is 7.57. The average Bonchev–Trinajstić information content (AvgIpc) is 2.86. The highest BCUT2D eigenvalue weighted by molar-refractivity contribution is 5.79. The third kappa shape index (κ3) is 3.74. The molecule has 2 unspecified atom stereocenters. The maximum absolute atomic E-state index is 12.2. The summed E-state index contributed by atoms with van der Waals surface area (Å²) in [4.78, 5) is 25.6. The second-order valence-corrected chi connectivity index (χ2v) is 5.65. The molecule has 1 aliphatic heterocycles. The maximum atomic E-state index is 12.2. The molecule has 5 heteroatoms. The highest BCUT2D eigenvalue weighted by atomic mass is 16.5. The Morgan fingerprint density at radius 3 is 2.81 bits per heavy atom. The number of amides is 1. The lowest BCUT2D eigenvalue weighted by Crippen LogP contribution is -2.30. The fourth-order valence-corrected chi connectivity index (χ4v) is 2.79. The highest BCUT2D eigenvalue weighted by Crippen LogP contribution is 2.24. The Kier molecular flexibility index (Phi) is 4.83. The molecule has 0 aromatic heterocycles. The summed E-state index contributed by atoms with van der Waals surface area (Å²) in [5.41, 5.74) is 7.49. The van der Waals surface area contributed by atoms with Gasteiger partial charge in [0, 0.05) is 25.2 Å². The molecule has 1 aromatic carbocycles. The van der Waals surface area contributed by atoms with Crippen LogP contribution in [0.5, 0.6) is 0 Å². The van der Waals surface area contributed by atoms with Gasteiger partial charge in [0.1, 0.15) is 0 Å². The minimum Gasteiger partial charge on any atom is -0.469 e. The maximum Gasteiger partial charge on any atom is 0.310 e. The number of hydrogen-bond donors (Lipinski definition) is 1. The van der Waals surface area contributed by atoms with E-state index in [9.17, 15) is 9.59 Å². The number of methoxy groups -OCH3 is 1. The van der Waals surface area contributed by atoms with Gasteiger partial charge in [0.25, 0.3) is 0 Å². The van der Waals surface area contributed by atoms with Crippen molar-refractivity contribution in [2.75, 3.05) is 25.9 Å². The zero-order valence-corrected chi connectivity index (χ0v) is 12.5. The molecule has 2 N–H and O–H groups in total. The second-order valence-electron chi connectivity index (χ2n) is 5.65. The van der Waals surface area contributed by atoms with E-state index < -0.39 is 0 Å². The van der Waals surface area contributed by atoms with Crippen molar-refractivity contribution in [1.29, 1.82) is 0 Å². The average molecular weight is 290 g/mol. The summed E-state index contributed by atoms with van der Waals surface area (Å²) < 4.78 is 4.78. The molecule has 0 radical (unpaired) electrons. The van der Waals surface area contributed by atoms with E-state index in [1.165, 1.54) is 7.11 Å². The molecule has 1 aliphatic rings. The number of carbonyl (C=O) groups is 2. The molecule has 0 saturated carbocycles. The van der Waals surface area contributed by atoms with Crippen LogP contribution < -0.4 is 5.73 Å². The van der Waals surface area contributed by atoms with Gasteiger partial charge >= 0.3 is 5.97 Å². The number of esters is 1. The summed E-state index contributed by atoms with van der Waals surface area (Å²) in [5, 5.41) is 0. The molecule has 1 fully saturated rings. The predicted octanol–water partition coefficient (Wildman–Crippen LogP) is 1.47. The van der Waals surface area contributed by atoms with Crippen LogP contribution >= 0.6 is 0 Å². The molecule has 2 atom stereocenters. The lowest BCUT2D eigenvalue weighted by atomic mass is 9.99. The van der Waals surface area contributed by atoms with Crippen LogP contribution in [0.1, 0.15) is 18.9 Å². The monoisotopic (exact) mass is 290 g/mol. The van der Waals surface area contributed by atoms with Gasteiger partial charge in [-0.1, -0.05) is 19.1 Å². The number of benzene rings is 1. The first-order valence-corrected chi connectivity index (χ1v) is 7.21. The predicted molar refractivity (Wildman–Crippen MR) is 80.4 cm³/mol. The molecule has 0 spiro atoms. The van der Waals surface area contributed by atoms with E-state index in [0.717, 1.165) is 5.56 Å². The smallest absolute Gasteiger partial charge is 0.310 e. The van der Waals surface area contributed by atoms with E-state index in [1.54, 1.807) is 4.90 Å². The Hall–Kier alpha value is -2.04. The number of rotatable bonds is 4. The van der Waals surface area contributed by atoms with Crippen LogP contribution in [-0.4, -0.2) is 37.0 Å². The van der Waals surface area contributed by atoms with E-state index in [2.05, 4.69) is 0 Å². The number of likely N-dealkylation sites (tertiary alicyclic amines) is 1. The third-order valence-electron chi connectivity index (χ3n) is 4.05. The van der Waals surface area contributed by atoms with Crippen molar-refractivity contribution in [3.63, 3.8) is 0 Å². The van der Waals surface area contributed by atoms with Gasteiger partial charge in [-0.25, -0.2) is 0 Å². The lowest BCUT2D eigenvalue weighted by molar-refractivity contribution is -0.146. The molecule has 1 aromatic rings. The van der Waals surface area contributed by atoms with Crippen LogP contribution in [0, 0.1) is 11.8 Å². The van der Waals surface area contributed by atoms with E-state index in [4.69, 9.17) is 10.5 Å². The van der Waals surface area contributed by atoms with Crippen molar-refractivity contribution in [1.82, 2.24) is 4.90 Å². The van der Waals surface area contributed by atoms with Gasteiger partial charge in [-0.05, 0) is 30.0 Å². The Morgan fingerprint density at radius 2 is 2.14 bits per heavy atom. The fourth-order valence-electron chi connectivity index (χ4n) is 2.79. The quantitative estimate of drug-likeness (QED) is 0.673. The number of nitrogens with two attached hydrogens (primary N) is 1. The van der Waals surface area contributed by atoms with Crippen LogP contribution in [0.2, 0.25) is 0 Å². The number of aryl methyl sites for hydroxylation is 1. The van der Waals surface area contributed by atoms with Crippen molar-refractivity contribution in [2.24, 2.45) is 11.8 Å². The Labute approximate surface area is 125 Å². The first kappa shape index (κ1) is 15.4. The molecule has 21 heavy (non-hydrogen) atoms. The summed E-state index contributed by atoms with van der Waals surface area (Å²) >= 11 is 0. The number of carbonyl (C=O) groups excluding carboxylic acids is 2. The lowest BCUT2D eigenvalue weighted by Gasteiger charge is -2.16. The Morgan fingerprint density at radius 1 is 1.38 bits per heavy atom. The van der Waals surface area contributed by atoms with E-state index >= 15 is 0 Å². The molecule has 1 saturated heterocycles. The minimum absolute atomic E-state index is 0.0793. The summed E-state index contributed by atoms with van der Waals surface area (Å²) in [5.74, 6) is -0.204. The Bertz CT molecular complexity index is 530. The molecule has 1 amide bonds. The molecule has 0 bridgehead atoms.